The van der Waals surface area contributed by atoms with Gasteiger partial charge in [0.25, 0.3) is 0 Å². The van der Waals surface area contributed by atoms with Gasteiger partial charge in [-0.2, -0.15) is 0 Å². The quantitative estimate of drug-likeness (QED) is 0.825. The van der Waals surface area contributed by atoms with Gasteiger partial charge in [-0.05, 0) is 43.9 Å². The summed E-state index contributed by atoms with van der Waals surface area (Å²) in [4.78, 5) is 0. The highest BCUT2D eigenvalue weighted by molar-refractivity contribution is 5.58. The summed E-state index contributed by atoms with van der Waals surface area (Å²) < 4.78 is 5.85. The van der Waals surface area contributed by atoms with Gasteiger partial charge >= 0.3 is 0 Å². The van der Waals surface area contributed by atoms with Gasteiger partial charge in [-0.1, -0.05) is 32.3 Å². The molecule has 0 radical (unpaired) electrons. The van der Waals surface area contributed by atoms with Crippen molar-refractivity contribution in [3.05, 3.63) is 23.8 Å². The normalized spacial score (nSPS) is 16.6. The number of ether oxygens (including phenoxy) is 1. The Bertz CT molecular complexity index is 369. The molecule has 1 fully saturated rings. The monoisotopic (exact) mass is 247 g/mol. The Balaban J connectivity index is 2.04. The van der Waals surface area contributed by atoms with Crippen molar-refractivity contribution in [3.63, 3.8) is 0 Å². The summed E-state index contributed by atoms with van der Waals surface area (Å²) in [5, 5.41) is 3.66. The van der Waals surface area contributed by atoms with Gasteiger partial charge in [0.2, 0.25) is 0 Å². The molecule has 1 aromatic rings. The Hall–Kier alpha value is -1.18. The fourth-order valence-electron chi connectivity index (χ4n) is 2.55. The SMILES string of the molecule is CCCOc1cc(C)ccc1NC1CCCCC1. The van der Waals surface area contributed by atoms with Gasteiger partial charge in [0.05, 0.1) is 12.3 Å². The van der Waals surface area contributed by atoms with Gasteiger partial charge in [0.15, 0.2) is 0 Å². The van der Waals surface area contributed by atoms with Crippen LogP contribution in [0.5, 0.6) is 5.75 Å². The molecule has 2 nitrogen and oxygen atoms in total. The minimum Gasteiger partial charge on any atom is -0.491 e. The van der Waals surface area contributed by atoms with Crippen molar-refractivity contribution in [2.75, 3.05) is 11.9 Å². The number of rotatable bonds is 5. The van der Waals surface area contributed by atoms with Gasteiger partial charge in [-0.3, -0.25) is 0 Å². The van der Waals surface area contributed by atoms with E-state index in [2.05, 4.69) is 37.4 Å². The second-order valence-electron chi connectivity index (χ2n) is 5.33. The number of benzene rings is 1. The maximum Gasteiger partial charge on any atom is 0.142 e. The fraction of sp³-hybridized carbons (Fsp3) is 0.625. The zero-order valence-electron chi connectivity index (χ0n) is 11.7. The second-order valence-corrected chi connectivity index (χ2v) is 5.33. The molecular weight excluding hydrogens is 222 g/mol. The number of anilines is 1. The molecule has 1 aliphatic rings. The predicted molar refractivity (Wildman–Crippen MR) is 77.5 cm³/mol. The predicted octanol–water partition coefficient (Wildman–Crippen LogP) is 4.53. The molecule has 1 aliphatic carbocycles. The number of hydrogen-bond acceptors (Lipinski definition) is 2. The molecule has 1 N–H and O–H groups in total. The van der Waals surface area contributed by atoms with Crippen molar-refractivity contribution in [1.29, 1.82) is 0 Å². The molecule has 1 saturated carbocycles. The van der Waals surface area contributed by atoms with E-state index in [1.165, 1.54) is 43.4 Å². The van der Waals surface area contributed by atoms with E-state index >= 15 is 0 Å². The molecule has 0 amide bonds. The molecule has 0 bridgehead atoms. The molecule has 0 spiro atoms. The summed E-state index contributed by atoms with van der Waals surface area (Å²) >= 11 is 0. The van der Waals surface area contributed by atoms with Crippen LogP contribution in [0.3, 0.4) is 0 Å². The standard InChI is InChI=1S/C16H25NO/c1-3-11-18-16-12-13(2)9-10-15(16)17-14-7-5-4-6-8-14/h9-10,12,14,17H,3-8,11H2,1-2H3. The molecule has 2 heteroatoms. The minimum atomic E-state index is 0.630. The van der Waals surface area contributed by atoms with E-state index < -0.39 is 0 Å². The molecule has 0 aromatic heterocycles. The Morgan fingerprint density at radius 3 is 2.72 bits per heavy atom. The lowest BCUT2D eigenvalue weighted by molar-refractivity contribution is 0.318. The van der Waals surface area contributed by atoms with Gasteiger partial charge in [-0.25, -0.2) is 0 Å². The summed E-state index contributed by atoms with van der Waals surface area (Å²) in [5.74, 6) is 1.02. The Kier molecular flexibility index (Phi) is 4.91. The lowest BCUT2D eigenvalue weighted by atomic mass is 9.95. The number of aryl methyl sites for hydroxylation is 1. The lowest BCUT2D eigenvalue weighted by Gasteiger charge is -2.25. The van der Waals surface area contributed by atoms with Gasteiger partial charge < -0.3 is 10.1 Å². The minimum absolute atomic E-state index is 0.630. The van der Waals surface area contributed by atoms with E-state index in [1.807, 2.05) is 0 Å². The van der Waals surface area contributed by atoms with E-state index in [0.717, 1.165) is 18.8 Å². The smallest absolute Gasteiger partial charge is 0.142 e. The first-order valence-electron chi connectivity index (χ1n) is 7.29. The first-order valence-corrected chi connectivity index (χ1v) is 7.29. The maximum atomic E-state index is 5.85. The van der Waals surface area contributed by atoms with Crippen molar-refractivity contribution in [1.82, 2.24) is 0 Å². The molecule has 1 aromatic carbocycles. The van der Waals surface area contributed by atoms with E-state index in [4.69, 9.17) is 4.74 Å². The topological polar surface area (TPSA) is 21.3 Å². The Morgan fingerprint density at radius 1 is 1.22 bits per heavy atom. The molecule has 2 rings (SSSR count). The van der Waals surface area contributed by atoms with Gasteiger partial charge in [0, 0.05) is 6.04 Å². The summed E-state index contributed by atoms with van der Waals surface area (Å²) in [6.45, 7) is 5.05. The van der Waals surface area contributed by atoms with Crippen LogP contribution in [0.25, 0.3) is 0 Å². The van der Waals surface area contributed by atoms with Crippen molar-refractivity contribution in [2.45, 2.75) is 58.4 Å². The maximum absolute atomic E-state index is 5.85. The first-order chi connectivity index (χ1) is 8.79. The number of hydrogen-bond donors (Lipinski definition) is 1. The summed E-state index contributed by atoms with van der Waals surface area (Å²) in [7, 11) is 0. The van der Waals surface area contributed by atoms with Crippen LogP contribution in [0.2, 0.25) is 0 Å². The summed E-state index contributed by atoms with van der Waals surface area (Å²) in [6.07, 6.45) is 7.74. The van der Waals surface area contributed by atoms with Crippen LogP contribution in [0.1, 0.15) is 51.0 Å². The average Bonchev–Trinajstić information content (AvgIpc) is 2.40. The third kappa shape index (κ3) is 3.66. The number of nitrogens with one attached hydrogen (secondary N) is 1. The van der Waals surface area contributed by atoms with Crippen LogP contribution >= 0.6 is 0 Å². The summed E-state index contributed by atoms with van der Waals surface area (Å²) in [6, 6.07) is 7.09. The third-order valence-corrected chi connectivity index (χ3v) is 3.56. The van der Waals surface area contributed by atoms with Crippen molar-refractivity contribution >= 4 is 5.69 Å². The highest BCUT2D eigenvalue weighted by atomic mass is 16.5. The molecule has 0 atom stereocenters. The van der Waals surface area contributed by atoms with Gasteiger partial charge in [-0.15, -0.1) is 0 Å². The zero-order chi connectivity index (χ0) is 12.8. The van der Waals surface area contributed by atoms with Crippen LogP contribution in [0.15, 0.2) is 18.2 Å². The lowest BCUT2D eigenvalue weighted by Crippen LogP contribution is -2.22. The summed E-state index contributed by atoms with van der Waals surface area (Å²) in [5.41, 5.74) is 2.43. The van der Waals surface area contributed by atoms with E-state index in [0.29, 0.717) is 6.04 Å². The molecule has 18 heavy (non-hydrogen) atoms. The Labute approximate surface area is 111 Å². The first kappa shape index (κ1) is 13.3. The Morgan fingerprint density at radius 2 is 2.00 bits per heavy atom. The molecule has 100 valence electrons. The van der Waals surface area contributed by atoms with Crippen LogP contribution in [0, 0.1) is 6.92 Å². The fourth-order valence-corrected chi connectivity index (χ4v) is 2.55. The van der Waals surface area contributed by atoms with Crippen molar-refractivity contribution in [3.8, 4) is 5.75 Å². The van der Waals surface area contributed by atoms with Crippen molar-refractivity contribution < 1.29 is 4.74 Å². The molecule has 0 aliphatic heterocycles. The molecule has 0 heterocycles. The molecule has 0 saturated heterocycles. The highest BCUT2D eigenvalue weighted by Crippen LogP contribution is 2.29. The molecule has 0 unspecified atom stereocenters. The average molecular weight is 247 g/mol. The van der Waals surface area contributed by atoms with Crippen LogP contribution in [-0.2, 0) is 0 Å². The van der Waals surface area contributed by atoms with E-state index in [-0.39, 0.29) is 0 Å². The van der Waals surface area contributed by atoms with E-state index in [9.17, 15) is 0 Å². The zero-order valence-corrected chi connectivity index (χ0v) is 11.7. The van der Waals surface area contributed by atoms with Crippen LogP contribution < -0.4 is 10.1 Å². The molecular formula is C16H25NO. The van der Waals surface area contributed by atoms with Crippen LogP contribution in [0.4, 0.5) is 5.69 Å². The largest absolute Gasteiger partial charge is 0.491 e. The van der Waals surface area contributed by atoms with Gasteiger partial charge in [0.1, 0.15) is 5.75 Å². The third-order valence-electron chi connectivity index (χ3n) is 3.56. The second kappa shape index (κ2) is 6.67. The van der Waals surface area contributed by atoms with Crippen molar-refractivity contribution in [2.24, 2.45) is 0 Å². The highest BCUT2D eigenvalue weighted by Gasteiger charge is 2.14. The van der Waals surface area contributed by atoms with E-state index in [1.54, 1.807) is 0 Å². The van der Waals surface area contributed by atoms with Crippen LogP contribution in [-0.4, -0.2) is 12.6 Å².